The molecule has 0 spiro atoms. The molecule has 0 saturated carbocycles. The fraction of sp³-hybridized carbons (Fsp3) is 0.857. The van der Waals surface area contributed by atoms with Gasteiger partial charge in [0.15, 0.2) is 6.10 Å². The van der Waals surface area contributed by atoms with Gasteiger partial charge in [0, 0.05) is 17.3 Å². The zero-order chi connectivity index (χ0) is 16.1. The van der Waals surface area contributed by atoms with Crippen molar-refractivity contribution in [1.82, 2.24) is 10.0 Å². The standard InChI is InChI=1S/C14H21ClN2O5/c1-4-20-12(18)17-9-5-10(11-7-21-13(19)22-11)16(17)6-8(9)14(2,3)15/h8-11H,4-7H2,1-3H3/t8-,9?,10+,11+/m0/s1. The van der Waals surface area contributed by atoms with Crippen LogP contribution in [0, 0.1) is 5.92 Å². The van der Waals surface area contributed by atoms with Crippen LogP contribution >= 0.6 is 11.6 Å². The highest BCUT2D eigenvalue weighted by Gasteiger charge is 2.59. The monoisotopic (exact) mass is 332 g/mol. The van der Waals surface area contributed by atoms with Crippen molar-refractivity contribution >= 4 is 23.8 Å². The number of fused-ring (bicyclic) bond motifs is 2. The van der Waals surface area contributed by atoms with E-state index in [0.29, 0.717) is 19.6 Å². The average Bonchev–Trinajstić information content (AvgIpc) is 3.09. The number of hydrogen-bond donors (Lipinski definition) is 0. The zero-order valence-corrected chi connectivity index (χ0v) is 13.7. The van der Waals surface area contributed by atoms with Gasteiger partial charge in [0.2, 0.25) is 0 Å². The molecule has 2 bridgehead atoms. The average molecular weight is 333 g/mol. The van der Waals surface area contributed by atoms with Crippen molar-refractivity contribution in [3.63, 3.8) is 0 Å². The minimum Gasteiger partial charge on any atom is -0.449 e. The van der Waals surface area contributed by atoms with Crippen LogP contribution in [0.15, 0.2) is 0 Å². The van der Waals surface area contributed by atoms with Gasteiger partial charge >= 0.3 is 12.2 Å². The molecule has 3 aliphatic rings. The van der Waals surface area contributed by atoms with E-state index in [-0.39, 0.29) is 36.8 Å². The Balaban J connectivity index is 1.80. The van der Waals surface area contributed by atoms with Crippen LogP contribution in [0.4, 0.5) is 9.59 Å². The second-order valence-corrected chi connectivity index (χ2v) is 7.40. The van der Waals surface area contributed by atoms with E-state index < -0.39 is 11.0 Å². The smallest absolute Gasteiger partial charge is 0.449 e. The Bertz CT molecular complexity index is 480. The minimum absolute atomic E-state index is 0.0455. The first-order valence-corrected chi connectivity index (χ1v) is 7.95. The normalized spacial score (nSPS) is 37.2. The summed E-state index contributed by atoms with van der Waals surface area (Å²) < 4.78 is 15.2. The molecule has 0 aromatic rings. The number of ether oxygens (including phenoxy) is 3. The maximum atomic E-state index is 12.3. The summed E-state index contributed by atoms with van der Waals surface area (Å²) in [6, 6.07) is -0.119. The topological polar surface area (TPSA) is 68.3 Å². The first-order chi connectivity index (χ1) is 10.3. The van der Waals surface area contributed by atoms with Crippen molar-refractivity contribution in [1.29, 1.82) is 0 Å². The molecule has 0 N–H and O–H groups in total. The number of piperidine rings is 1. The SMILES string of the molecule is CCOC(=O)N1C2C[C@H]([C@H]3COC(=O)O3)N1C[C@@H]2C(C)(C)Cl. The van der Waals surface area contributed by atoms with Crippen molar-refractivity contribution in [2.24, 2.45) is 5.92 Å². The molecule has 8 heteroatoms. The van der Waals surface area contributed by atoms with Crippen LogP contribution < -0.4 is 0 Å². The van der Waals surface area contributed by atoms with Crippen molar-refractivity contribution in [2.45, 2.75) is 50.3 Å². The predicted octanol–water partition coefficient (Wildman–Crippen LogP) is 1.99. The molecule has 0 aliphatic carbocycles. The maximum Gasteiger partial charge on any atom is 0.508 e. The van der Waals surface area contributed by atoms with Crippen molar-refractivity contribution in [2.75, 3.05) is 19.8 Å². The van der Waals surface area contributed by atoms with Gasteiger partial charge in [-0.05, 0) is 27.2 Å². The third-order valence-electron chi connectivity index (χ3n) is 4.68. The number of cyclic esters (lactones) is 2. The number of nitrogens with zero attached hydrogens (tertiary/aromatic N) is 2. The van der Waals surface area contributed by atoms with E-state index in [1.807, 2.05) is 18.9 Å². The third kappa shape index (κ3) is 2.50. The number of carbonyl (C=O) groups is 2. The van der Waals surface area contributed by atoms with Gasteiger partial charge in [-0.2, -0.15) is 0 Å². The highest BCUT2D eigenvalue weighted by atomic mass is 35.5. The highest BCUT2D eigenvalue weighted by Crippen LogP contribution is 2.46. The lowest BCUT2D eigenvalue weighted by atomic mass is 9.82. The molecule has 0 aromatic carbocycles. The predicted molar refractivity (Wildman–Crippen MR) is 77.4 cm³/mol. The molecule has 3 fully saturated rings. The third-order valence-corrected chi connectivity index (χ3v) is 4.96. The van der Waals surface area contributed by atoms with Gasteiger partial charge in [0.05, 0.1) is 18.7 Å². The van der Waals surface area contributed by atoms with E-state index in [2.05, 4.69) is 0 Å². The van der Waals surface area contributed by atoms with Crippen LogP contribution in [0.2, 0.25) is 0 Å². The molecule has 22 heavy (non-hydrogen) atoms. The van der Waals surface area contributed by atoms with Gasteiger partial charge in [-0.15, -0.1) is 11.6 Å². The molecule has 1 amide bonds. The Labute approximate surface area is 134 Å². The lowest BCUT2D eigenvalue weighted by Crippen LogP contribution is -2.48. The van der Waals surface area contributed by atoms with Gasteiger partial charge in [-0.3, -0.25) is 0 Å². The van der Waals surface area contributed by atoms with E-state index in [1.54, 1.807) is 11.9 Å². The van der Waals surface area contributed by atoms with E-state index in [9.17, 15) is 9.59 Å². The lowest BCUT2D eigenvalue weighted by Gasteiger charge is -2.34. The van der Waals surface area contributed by atoms with Crippen LogP contribution in [-0.2, 0) is 14.2 Å². The molecule has 3 saturated heterocycles. The first-order valence-electron chi connectivity index (χ1n) is 7.57. The van der Waals surface area contributed by atoms with E-state index >= 15 is 0 Å². The molecule has 124 valence electrons. The fourth-order valence-corrected chi connectivity index (χ4v) is 3.89. The van der Waals surface area contributed by atoms with Crippen LogP contribution in [0.3, 0.4) is 0 Å². The number of hydrazine groups is 1. The Morgan fingerprint density at radius 3 is 2.73 bits per heavy atom. The summed E-state index contributed by atoms with van der Waals surface area (Å²) in [5.41, 5.74) is 0. The molecular formula is C14H21ClN2O5. The Morgan fingerprint density at radius 1 is 1.45 bits per heavy atom. The summed E-state index contributed by atoms with van der Waals surface area (Å²) in [5, 5.41) is 3.58. The lowest BCUT2D eigenvalue weighted by molar-refractivity contribution is -0.0156. The van der Waals surface area contributed by atoms with Crippen molar-refractivity contribution < 1.29 is 23.8 Å². The van der Waals surface area contributed by atoms with E-state index in [1.165, 1.54) is 0 Å². The number of amides is 1. The Morgan fingerprint density at radius 2 is 2.18 bits per heavy atom. The zero-order valence-electron chi connectivity index (χ0n) is 13.0. The summed E-state index contributed by atoms with van der Waals surface area (Å²) in [7, 11) is 0. The van der Waals surface area contributed by atoms with Crippen LogP contribution in [-0.4, -0.2) is 65.1 Å². The van der Waals surface area contributed by atoms with Gasteiger partial charge in [-0.1, -0.05) is 0 Å². The number of alkyl halides is 1. The molecule has 3 aliphatic heterocycles. The summed E-state index contributed by atoms with van der Waals surface area (Å²) >= 11 is 6.50. The molecular weight excluding hydrogens is 312 g/mol. The van der Waals surface area contributed by atoms with Crippen LogP contribution in [0.1, 0.15) is 27.2 Å². The number of rotatable bonds is 3. The molecule has 3 heterocycles. The quantitative estimate of drug-likeness (QED) is 0.581. The number of halogens is 1. The van der Waals surface area contributed by atoms with Gasteiger partial charge in [0.25, 0.3) is 0 Å². The largest absolute Gasteiger partial charge is 0.508 e. The van der Waals surface area contributed by atoms with Gasteiger partial charge in [-0.25, -0.2) is 19.6 Å². The summed E-state index contributed by atoms with van der Waals surface area (Å²) in [6.45, 7) is 6.86. The summed E-state index contributed by atoms with van der Waals surface area (Å²) in [4.78, 5) is 23.0. The number of carbonyl (C=O) groups excluding carboxylic acids is 2. The molecule has 3 rings (SSSR count). The second kappa shape index (κ2) is 5.45. The van der Waals surface area contributed by atoms with Gasteiger partial charge in [0.1, 0.15) is 6.61 Å². The second-order valence-electron chi connectivity index (χ2n) is 6.42. The summed E-state index contributed by atoms with van der Waals surface area (Å²) in [5.74, 6) is 0.132. The number of hydrogen-bond acceptors (Lipinski definition) is 6. The summed E-state index contributed by atoms with van der Waals surface area (Å²) in [6.07, 6.45) is -0.677. The molecule has 7 nitrogen and oxygen atoms in total. The fourth-order valence-electron chi connectivity index (χ4n) is 3.68. The molecule has 2 unspecified atom stereocenters. The Hall–Kier alpha value is -1.21. The van der Waals surface area contributed by atoms with Crippen LogP contribution in [0.25, 0.3) is 0 Å². The minimum atomic E-state index is -0.647. The maximum absolute atomic E-state index is 12.3. The van der Waals surface area contributed by atoms with E-state index in [4.69, 9.17) is 25.8 Å². The molecule has 0 aromatic heterocycles. The highest BCUT2D eigenvalue weighted by molar-refractivity contribution is 6.23. The van der Waals surface area contributed by atoms with Crippen molar-refractivity contribution in [3.8, 4) is 0 Å². The van der Waals surface area contributed by atoms with Gasteiger partial charge < -0.3 is 14.2 Å². The van der Waals surface area contributed by atoms with E-state index in [0.717, 1.165) is 0 Å². The van der Waals surface area contributed by atoms with Crippen molar-refractivity contribution in [3.05, 3.63) is 0 Å². The van der Waals surface area contributed by atoms with Crippen LogP contribution in [0.5, 0.6) is 0 Å². The Kier molecular flexibility index (Phi) is 3.89. The molecule has 0 radical (unpaired) electrons. The first kappa shape index (κ1) is 15.7. The molecule has 5 atom stereocenters.